The van der Waals surface area contributed by atoms with Gasteiger partial charge in [0.1, 0.15) is 17.1 Å². The number of benzene rings is 1. The lowest BCUT2D eigenvalue weighted by Crippen LogP contribution is -2.63. The lowest BCUT2D eigenvalue weighted by Gasteiger charge is -2.41. The zero-order chi connectivity index (χ0) is 14.2. The molecular weight excluding hydrogens is 251 g/mol. The van der Waals surface area contributed by atoms with E-state index >= 15 is 0 Å². The Morgan fingerprint density at radius 2 is 2.16 bits per heavy atom. The van der Waals surface area contributed by atoms with E-state index in [1.54, 1.807) is 13.8 Å². The Labute approximate surface area is 110 Å². The first-order valence-electron chi connectivity index (χ1n) is 5.93. The van der Waals surface area contributed by atoms with Gasteiger partial charge in [-0.3, -0.25) is 9.59 Å². The van der Waals surface area contributed by atoms with Crippen LogP contribution in [0, 0.1) is 5.82 Å². The van der Waals surface area contributed by atoms with Gasteiger partial charge in [-0.1, -0.05) is 0 Å². The van der Waals surface area contributed by atoms with Gasteiger partial charge in [0.15, 0.2) is 0 Å². The lowest BCUT2D eigenvalue weighted by molar-refractivity contribution is -0.133. The van der Waals surface area contributed by atoms with Gasteiger partial charge in [0, 0.05) is 19.2 Å². The minimum absolute atomic E-state index is 0.152. The summed E-state index contributed by atoms with van der Waals surface area (Å²) in [6.07, 6.45) is 0. The molecule has 5 nitrogen and oxygen atoms in total. The Morgan fingerprint density at radius 1 is 1.47 bits per heavy atom. The molecule has 0 saturated carbocycles. The maximum Gasteiger partial charge on any atom is 0.257 e. The quantitative estimate of drug-likeness (QED) is 0.793. The fraction of sp³-hybridized carbons (Fsp3) is 0.385. The van der Waals surface area contributed by atoms with Gasteiger partial charge in [-0.2, -0.15) is 0 Å². The Hall–Kier alpha value is -2.11. The van der Waals surface area contributed by atoms with Crippen molar-refractivity contribution in [3.05, 3.63) is 29.6 Å². The van der Waals surface area contributed by atoms with Crippen molar-refractivity contribution in [2.75, 3.05) is 13.1 Å². The van der Waals surface area contributed by atoms with Gasteiger partial charge in [0.2, 0.25) is 5.91 Å². The first kappa shape index (κ1) is 13.3. The second kappa shape index (κ2) is 4.53. The summed E-state index contributed by atoms with van der Waals surface area (Å²) >= 11 is 0. The first-order chi connectivity index (χ1) is 8.84. The Bertz CT molecular complexity index is 543. The highest BCUT2D eigenvalue weighted by molar-refractivity contribution is 5.99. The molecule has 0 bridgehead atoms. The Kier molecular flexibility index (Phi) is 3.18. The van der Waals surface area contributed by atoms with E-state index in [0.717, 1.165) is 6.07 Å². The summed E-state index contributed by atoms with van der Waals surface area (Å²) in [6.45, 7) is 3.88. The van der Waals surface area contributed by atoms with E-state index in [2.05, 4.69) is 5.32 Å². The SMILES string of the molecule is CC1(C)C(=O)NCCN1C(=O)c1ccc(O)cc1F. The van der Waals surface area contributed by atoms with Crippen LogP contribution in [0.3, 0.4) is 0 Å². The molecule has 0 atom stereocenters. The van der Waals surface area contributed by atoms with Gasteiger partial charge in [-0.05, 0) is 26.0 Å². The summed E-state index contributed by atoms with van der Waals surface area (Å²) in [7, 11) is 0. The smallest absolute Gasteiger partial charge is 0.257 e. The van der Waals surface area contributed by atoms with Crippen LogP contribution in [0.15, 0.2) is 18.2 Å². The van der Waals surface area contributed by atoms with Crippen molar-refractivity contribution in [3.8, 4) is 5.75 Å². The van der Waals surface area contributed by atoms with E-state index in [9.17, 15) is 14.0 Å². The third kappa shape index (κ3) is 2.25. The van der Waals surface area contributed by atoms with Crippen molar-refractivity contribution in [2.24, 2.45) is 0 Å². The predicted octanol–water partition coefficient (Wildman–Crippen LogP) is 0.882. The van der Waals surface area contributed by atoms with Crippen LogP contribution in [-0.2, 0) is 4.79 Å². The number of nitrogens with zero attached hydrogens (tertiary/aromatic N) is 1. The average molecular weight is 266 g/mol. The van der Waals surface area contributed by atoms with Crippen LogP contribution >= 0.6 is 0 Å². The molecule has 1 fully saturated rings. The second-order valence-electron chi connectivity index (χ2n) is 4.94. The van der Waals surface area contributed by atoms with Gasteiger partial charge < -0.3 is 15.3 Å². The van der Waals surface area contributed by atoms with Crippen molar-refractivity contribution >= 4 is 11.8 Å². The topological polar surface area (TPSA) is 69.6 Å². The molecule has 6 heteroatoms. The number of amides is 2. The Morgan fingerprint density at radius 3 is 2.79 bits per heavy atom. The van der Waals surface area contributed by atoms with Crippen LogP contribution in [0.2, 0.25) is 0 Å². The average Bonchev–Trinajstić information content (AvgIpc) is 2.32. The van der Waals surface area contributed by atoms with Crippen LogP contribution in [0.5, 0.6) is 5.75 Å². The maximum absolute atomic E-state index is 13.7. The van der Waals surface area contributed by atoms with Crippen LogP contribution in [0.1, 0.15) is 24.2 Å². The minimum atomic E-state index is -1.03. The molecule has 19 heavy (non-hydrogen) atoms. The largest absolute Gasteiger partial charge is 0.508 e. The van der Waals surface area contributed by atoms with E-state index in [0.29, 0.717) is 13.1 Å². The third-order valence-corrected chi connectivity index (χ3v) is 3.28. The second-order valence-corrected chi connectivity index (χ2v) is 4.94. The van der Waals surface area contributed by atoms with Crippen molar-refractivity contribution < 1.29 is 19.1 Å². The number of rotatable bonds is 1. The van der Waals surface area contributed by atoms with E-state index in [1.807, 2.05) is 0 Å². The number of carbonyl (C=O) groups excluding carboxylic acids is 2. The number of aromatic hydroxyl groups is 1. The van der Waals surface area contributed by atoms with Crippen molar-refractivity contribution in [2.45, 2.75) is 19.4 Å². The number of carbonyl (C=O) groups is 2. The predicted molar refractivity (Wildman–Crippen MR) is 66.2 cm³/mol. The van der Waals surface area contributed by atoms with Crippen LogP contribution in [-0.4, -0.2) is 40.4 Å². The number of halogens is 1. The molecule has 1 heterocycles. The molecule has 1 aromatic carbocycles. The van der Waals surface area contributed by atoms with Crippen LogP contribution in [0.25, 0.3) is 0 Å². The summed E-state index contributed by atoms with van der Waals surface area (Å²) in [5.41, 5.74) is -1.18. The monoisotopic (exact) mass is 266 g/mol. The molecule has 1 aliphatic heterocycles. The van der Waals surface area contributed by atoms with Gasteiger partial charge in [-0.25, -0.2) is 4.39 Å². The summed E-state index contributed by atoms with van der Waals surface area (Å²) in [5, 5.41) is 11.8. The number of phenolic OH excluding ortho intramolecular Hbond substituents is 1. The van der Waals surface area contributed by atoms with Crippen molar-refractivity contribution in [1.82, 2.24) is 10.2 Å². The van der Waals surface area contributed by atoms with E-state index in [4.69, 9.17) is 5.11 Å². The normalized spacial score (nSPS) is 18.1. The molecule has 0 aliphatic carbocycles. The molecule has 102 valence electrons. The molecule has 2 amide bonds. The number of hydrogen-bond acceptors (Lipinski definition) is 3. The molecule has 0 unspecified atom stereocenters. The zero-order valence-corrected chi connectivity index (χ0v) is 10.7. The molecular formula is C13H15FN2O3. The Balaban J connectivity index is 2.35. The zero-order valence-electron chi connectivity index (χ0n) is 10.7. The maximum atomic E-state index is 13.7. The molecule has 2 rings (SSSR count). The number of nitrogens with one attached hydrogen (secondary N) is 1. The molecule has 0 spiro atoms. The summed E-state index contributed by atoms with van der Waals surface area (Å²) in [5.74, 6) is -1.87. The molecule has 1 aliphatic rings. The highest BCUT2D eigenvalue weighted by atomic mass is 19.1. The van der Waals surface area contributed by atoms with Crippen molar-refractivity contribution in [1.29, 1.82) is 0 Å². The standard InChI is InChI=1S/C13H15FN2O3/c1-13(2)12(19)15-5-6-16(13)11(18)9-4-3-8(17)7-10(9)14/h3-4,7,17H,5-6H2,1-2H3,(H,15,19). The highest BCUT2D eigenvalue weighted by Gasteiger charge is 2.41. The van der Waals surface area contributed by atoms with Crippen molar-refractivity contribution in [3.63, 3.8) is 0 Å². The number of hydrogen-bond donors (Lipinski definition) is 2. The fourth-order valence-electron chi connectivity index (χ4n) is 2.08. The highest BCUT2D eigenvalue weighted by Crippen LogP contribution is 2.23. The number of piperazine rings is 1. The van der Waals surface area contributed by atoms with E-state index in [1.165, 1.54) is 17.0 Å². The number of phenols is 1. The van der Waals surface area contributed by atoms with Gasteiger partial charge in [-0.15, -0.1) is 0 Å². The fourth-order valence-corrected chi connectivity index (χ4v) is 2.08. The molecule has 1 aromatic rings. The van der Waals surface area contributed by atoms with E-state index in [-0.39, 0.29) is 17.2 Å². The lowest BCUT2D eigenvalue weighted by atomic mass is 9.97. The summed E-state index contributed by atoms with van der Waals surface area (Å²) < 4.78 is 13.7. The molecule has 0 aromatic heterocycles. The van der Waals surface area contributed by atoms with Gasteiger partial charge >= 0.3 is 0 Å². The van der Waals surface area contributed by atoms with Crippen LogP contribution < -0.4 is 5.32 Å². The first-order valence-corrected chi connectivity index (χ1v) is 5.93. The molecule has 2 N–H and O–H groups in total. The molecule has 0 radical (unpaired) electrons. The molecule has 1 saturated heterocycles. The van der Waals surface area contributed by atoms with E-state index < -0.39 is 17.3 Å². The summed E-state index contributed by atoms with van der Waals surface area (Å²) in [6, 6.07) is 3.34. The van der Waals surface area contributed by atoms with Gasteiger partial charge in [0.05, 0.1) is 5.56 Å². The van der Waals surface area contributed by atoms with Crippen LogP contribution in [0.4, 0.5) is 4.39 Å². The van der Waals surface area contributed by atoms with Gasteiger partial charge in [0.25, 0.3) is 5.91 Å². The summed E-state index contributed by atoms with van der Waals surface area (Å²) in [4.78, 5) is 25.4. The minimum Gasteiger partial charge on any atom is -0.508 e. The third-order valence-electron chi connectivity index (χ3n) is 3.28.